The molecule has 0 bridgehead atoms. The molecule has 2 N–H and O–H groups in total. The molecule has 4 heteroatoms. The largest absolute Gasteiger partial charge is 0.396 e. The van der Waals surface area contributed by atoms with Crippen molar-refractivity contribution in [1.82, 2.24) is 10.2 Å². The number of carbonyl (C=O) groups excluding carboxylic acids is 1. The van der Waals surface area contributed by atoms with Crippen LogP contribution in [0.4, 0.5) is 0 Å². The standard InChI is InChI=1S/C10H20N2O2/c1-9(14)11-10-4-2-5-12(8-10)6-3-7-13/h10,13H,2-8H2,1H3,(H,11,14). The van der Waals surface area contributed by atoms with Crippen molar-refractivity contribution < 1.29 is 9.90 Å². The second-order valence-corrected chi connectivity index (χ2v) is 3.92. The van der Waals surface area contributed by atoms with Crippen LogP contribution in [0.1, 0.15) is 26.2 Å². The molecular weight excluding hydrogens is 180 g/mol. The van der Waals surface area contributed by atoms with E-state index in [0.29, 0.717) is 6.04 Å². The van der Waals surface area contributed by atoms with Crippen molar-refractivity contribution in [1.29, 1.82) is 0 Å². The number of piperidine rings is 1. The average Bonchev–Trinajstić information content (AvgIpc) is 2.14. The summed E-state index contributed by atoms with van der Waals surface area (Å²) in [7, 11) is 0. The van der Waals surface area contributed by atoms with Crippen LogP contribution in [0.3, 0.4) is 0 Å². The average molecular weight is 200 g/mol. The monoisotopic (exact) mass is 200 g/mol. The Balaban J connectivity index is 2.24. The lowest BCUT2D eigenvalue weighted by atomic mass is 10.1. The van der Waals surface area contributed by atoms with Gasteiger partial charge in [0.05, 0.1) is 0 Å². The van der Waals surface area contributed by atoms with E-state index in [4.69, 9.17) is 5.11 Å². The smallest absolute Gasteiger partial charge is 0.217 e. The number of aliphatic hydroxyl groups excluding tert-OH is 1. The van der Waals surface area contributed by atoms with Crippen LogP contribution in [0.15, 0.2) is 0 Å². The second kappa shape index (κ2) is 5.98. The van der Waals surface area contributed by atoms with Crippen molar-refractivity contribution in [3.05, 3.63) is 0 Å². The molecule has 0 aromatic heterocycles. The number of amides is 1. The minimum Gasteiger partial charge on any atom is -0.396 e. The molecule has 1 aliphatic rings. The third-order valence-electron chi connectivity index (χ3n) is 2.55. The number of carbonyl (C=O) groups is 1. The minimum absolute atomic E-state index is 0.0546. The molecule has 0 saturated carbocycles. The highest BCUT2D eigenvalue weighted by atomic mass is 16.3. The van der Waals surface area contributed by atoms with Crippen LogP contribution in [0, 0.1) is 0 Å². The number of rotatable bonds is 4. The first-order valence-electron chi connectivity index (χ1n) is 5.32. The molecule has 1 heterocycles. The summed E-state index contributed by atoms with van der Waals surface area (Å²) in [5.74, 6) is 0.0546. The third kappa shape index (κ3) is 4.07. The Morgan fingerprint density at radius 2 is 2.43 bits per heavy atom. The summed E-state index contributed by atoms with van der Waals surface area (Å²) in [6.07, 6.45) is 3.04. The molecule has 0 radical (unpaired) electrons. The zero-order valence-corrected chi connectivity index (χ0v) is 8.83. The minimum atomic E-state index is 0.0546. The van der Waals surface area contributed by atoms with Gasteiger partial charge in [-0.25, -0.2) is 0 Å². The summed E-state index contributed by atoms with van der Waals surface area (Å²) in [4.78, 5) is 13.2. The quantitative estimate of drug-likeness (QED) is 0.670. The summed E-state index contributed by atoms with van der Waals surface area (Å²) < 4.78 is 0. The Morgan fingerprint density at radius 3 is 3.07 bits per heavy atom. The first-order valence-corrected chi connectivity index (χ1v) is 5.32. The molecule has 1 aliphatic heterocycles. The van der Waals surface area contributed by atoms with Crippen molar-refractivity contribution in [3.8, 4) is 0 Å². The topological polar surface area (TPSA) is 52.6 Å². The van der Waals surface area contributed by atoms with E-state index < -0.39 is 0 Å². The predicted octanol–water partition coefficient (Wildman–Crippen LogP) is -0.0307. The maximum absolute atomic E-state index is 10.9. The summed E-state index contributed by atoms with van der Waals surface area (Å²) in [6.45, 7) is 4.77. The molecule has 1 rings (SSSR count). The lowest BCUT2D eigenvalue weighted by Crippen LogP contribution is -2.47. The molecule has 4 nitrogen and oxygen atoms in total. The second-order valence-electron chi connectivity index (χ2n) is 3.92. The number of hydrogen-bond acceptors (Lipinski definition) is 3. The molecule has 0 spiro atoms. The van der Waals surface area contributed by atoms with Gasteiger partial charge in [-0.1, -0.05) is 0 Å². The molecule has 0 aromatic rings. The van der Waals surface area contributed by atoms with Crippen LogP contribution < -0.4 is 5.32 Å². The van der Waals surface area contributed by atoms with Crippen LogP contribution in [-0.2, 0) is 4.79 Å². The highest BCUT2D eigenvalue weighted by Gasteiger charge is 2.19. The van der Waals surface area contributed by atoms with Gasteiger partial charge in [0, 0.05) is 32.7 Å². The Morgan fingerprint density at radius 1 is 1.64 bits per heavy atom. The molecule has 1 saturated heterocycles. The lowest BCUT2D eigenvalue weighted by Gasteiger charge is -2.32. The normalized spacial score (nSPS) is 23.4. The number of hydrogen-bond donors (Lipinski definition) is 2. The zero-order valence-electron chi connectivity index (χ0n) is 8.83. The van der Waals surface area contributed by atoms with E-state index in [1.807, 2.05) is 0 Å². The molecule has 1 amide bonds. The fourth-order valence-electron chi connectivity index (χ4n) is 1.96. The van der Waals surface area contributed by atoms with Crippen LogP contribution in [-0.4, -0.2) is 48.2 Å². The van der Waals surface area contributed by atoms with Crippen molar-refractivity contribution in [3.63, 3.8) is 0 Å². The van der Waals surface area contributed by atoms with Crippen molar-refractivity contribution >= 4 is 5.91 Å². The first kappa shape index (κ1) is 11.5. The van der Waals surface area contributed by atoms with Gasteiger partial charge in [0.25, 0.3) is 0 Å². The van der Waals surface area contributed by atoms with Gasteiger partial charge < -0.3 is 15.3 Å². The Hall–Kier alpha value is -0.610. The predicted molar refractivity (Wildman–Crippen MR) is 55.0 cm³/mol. The molecular formula is C10H20N2O2. The highest BCUT2D eigenvalue weighted by molar-refractivity contribution is 5.73. The molecule has 14 heavy (non-hydrogen) atoms. The Bertz CT molecular complexity index is 185. The van der Waals surface area contributed by atoms with E-state index in [1.54, 1.807) is 6.92 Å². The van der Waals surface area contributed by atoms with Crippen LogP contribution in [0.5, 0.6) is 0 Å². The zero-order chi connectivity index (χ0) is 10.4. The molecule has 0 aliphatic carbocycles. The van der Waals surface area contributed by atoms with E-state index in [2.05, 4.69) is 10.2 Å². The summed E-state index contributed by atoms with van der Waals surface area (Å²) >= 11 is 0. The molecule has 1 atom stereocenters. The van der Waals surface area contributed by atoms with Crippen LogP contribution >= 0.6 is 0 Å². The fourth-order valence-corrected chi connectivity index (χ4v) is 1.96. The molecule has 1 unspecified atom stereocenters. The number of nitrogens with one attached hydrogen (secondary N) is 1. The molecule has 1 fully saturated rings. The van der Waals surface area contributed by atoms with Gasteiger partial charge in [-0.3, -0.25) is 4.79 Å². The lowest BCUT2D eigenvalue weighted by molar-refractivity contribution is -0.120. The van der Waals surface area contributed by atoms with Crippen LogP contribution in [0.25, 0.3) is 0 Å². The van der Waals surface area contributed by atoms with Crippen molar-refractivity contribution in [2.24, 2.45) is 0 Å². The van der Waals surface area contributed by atoms with Crippen molar-refractivity contribution in [2.75, 3.05) is 26.2 Å². The van der Waals surface area contributed by atoms with Crippen molar-refractivity contribution in [2.45, 2.75) is 32.2 Å². The highest BCUT2D eigenvalue weighted by Crippen LogP contribution is 2.10. The molecule has 82 valence electrons. The van der Waals surface area contributed by atoms with Gasteiger partial charge in [-0.15, -0.1) is 0 Å². The first-order chi connectivity index (χ1) is 6.72. The summed E-state index contributed by atoms with van der Waals surface area (Å²) in [5.41, 5.74) is 0. The molecule has 0 aromatic carbocycles. The van der Waals surface area contributed by atoms with Gasteiger partial charge in [-0.2, -0.15) is 0 Å². The number of nitrogens with zero attached hydrogens (tertiary/aromatic N) is 1. The maximum Gasteiger partial charge on any atom is 0.217 e. The van der Waals surface area contributed by atoms with Crippen LogP contribution in [0.2, 0.25) is 0 Å². The van der Waals surface area contributed by atoms with E-state index in [1.165, 1.54) is 0 Å². The summed E-state index contributed by atoms with van der Waals surface area (Å²) in [5, 5.41) is 11.7. The Labute approximate surface area is 85.3 Å². The fraction of sp³-hybridized carbons (Fsp3) is 0.900. The van der Waals surface area contributed by atoms with E-state index in [0.717, 1.165) is 38.9 Å². The third-order valence-corrected chi connectivity index (χ3v) is 2.55. The SMILES string of the molecule is CC(=O)NC1CCCN(CCCO)C1. The van der Waals surface area contributed by atoms with E-state index in [9.17, 15) is 4.79 Å². The van der Waals surface area contributed by atoms with Gasteiger partial charge in [0.2, 0.25) is 5.91 Å². The van der Waals surface area contributed by atoms with Gasteiger partial charge in [-0.05, 0) is 25.8 Å². The Kier molecular flexibility index (Phi) is 4.90. The van der Waals surface area contributed by atoms with Gasteiger partial charge >= 0.3 is 0 Å². The van der Waals surface area contributed by atoms with E-state index in [-0.39, 0.29) is 12.5 Å². The van der Waals surface area contributed by atoms with Gasteiger partial charge in [0.15, 0.2) is 0 Å². The van der Waals surface area contributed by atoms with Gasteiger partial charge in [0.1, 0.15) is 0 Å². The summed E-state index contributed by atoms with van der Waals surface area (Å²) in [6, 6.07) is 0.306. The number of aliphatic hydroxyl groups is 1. The maximum atomic E-state index is 10.9. The number of likely N-dealkylation sites (tertiary alicyclic amines) is 1. The van der Waals surface area contributed by atoms with E-state index >= 15 is 0 Å².